The van der Waals surface area contributed by atoms with Gasteiger partial charge in [0.1, 0.15) is 0 Å². The standard InChI is InChI=1S/C32H56O/c1-23(2)10-9-11-24(3)28-15-16-29-27-14-13-26-22-25(12-7-8-21-33-6)17-19-31(26,4)30(27)18-20-32(28,29)5/h13,23-25,27-30H,7-12,14-22H2,1-6H3. The molecule has 1 nitrogen and oxygen atoms in total. The van der Waals surface area contributed by atoms with E-state index >= 15 is 0 Å². The van der Waals surface area contributed by atoms with E-state index in [0.717, 1.165) is 48.0 Å². The molecule has 0 N–H and O–H groups in total. The molecule has 4 aliphatic rings. The molecule has 0 saturated heterocycles. The molecule has 4 rings (SSSR count). The van der Waals surface area contributed by atoms with Gasteiger partial charge in [0.25, 0.3) is 0 Å². The third-order valence-electron chi connectivity index (χ3n) is 11.6. The summed E-state index contributed by atoms with van der Waals surface area (Å²) < 4.78 is 5.27. The summed E-state index contributed by atoms with van der Waals surface area (Å²) in [6, 6.07) is 0. The highest BCUT2D eigenvalue weighted by atomic mass is 16.5. The summed E-state index contributed by atoms with van der Waals surface area (Å²) in [7, 11) is 1.84. The highest BCUT2D eigenvalue weighted by Gasteiger charge is 2.59. The molecule has 190 valence electrons. The van der Waals surface area contributed by atoms with Crippen molar-refractivity contribution in [2.45, 2.75) is 125 Å². The number of ether oxygens (including phenoxy) is 1. The second-order valence-corrected chi connectivity index (χ2v) is 13.9. The van der Waals surface area contributed by atoms with Crippen molar-refractivity contribution in [2.24, 2.45) is 52.3 Å². The molecule has 0 aliphatic heterocycles. The monoisotopic (exact) mass is 456 g/mol. The van der Waals surface area contributed by atoms with Crippen molar-refractivity contribution in [2.75, 3.05) is 13.7 Å². The fourth-order valence-electron chi connectivity index (χ4n) is 9.69. The summed E-state index contributed by atoms with van der Waals surface area (Å²) in [5, 5.41) is 0. The number of hydrogen-bond donors (Lipinski definition) is 0. The molecule has 1 heteroatoms. The van der Waals surface area contributed by atoms with E-state index < -0.39 is 0 Å². The SMILES string of the molecule is COCCCCC1CCC2(C)C(=CCC3C2CCC2(C)C(C(C)CCCC(C)C)CCC32)C1. The lowest BCUT2D eigenvalue weighted by molar-refractivity contribution is -0.0529. The van der Waals surface area contributed by atoms with Crippen LogP contribution >= 0.6 is 0 Å². The Hall–Kier alpha value is -0.300. The summed E-state index contributed by atoms with van der Waals surface area (Å²) in [6.45, 7) is 13.8. The van der Waals surface area contributed by atoms with E-state index in [4.69, 9.17) is 4.74 Å². The number of methoxy groups -OCH3 is 1. The Labute approximate surface area is 206 Å². The van der Waals surface area contributed by atoms with Crippen molar-refractivity contribution in [1.29, 1.82) is 0 Å². The van der Waals surface area contributed by atoms with Gasteiger partial charge >= 0.3 is 0 Å². The van der Waals surface area contributed by atoms with E-state index in [9.17, 15) is 0 Å². The van der Waals surface area contributed by atoms with Crippen LogP contribution in [0.25, 0.3) is 0 Å². The average Bonchev–Trinajstić information content (AvgIpc) is 3.14. The van der Waals surface area contributed by atoms with Gasteiger partial charge in [-0.1, -0.05) is 78.4 Å². The molecule has 0 heterocycles. The number of rotatable bonds is 10. The molecular formula is C32H56O. The zero-order valence-corrected chi connectivity index (χ0v) is 23.1. The third kappa shape index (κ3) is 5.15. The number of fused-ring (bicyclic) bond motifs is 5. The highest BCUT2D eigenvalue weighted by molar-refractivity contribution is 5.25. The first kappa shape index (κ1) is 25.8. The van der Waals surface area contributed by atoms with Crippen LogP contribution in [0.3, 0.4) is 0 Å². The number of allylic oxidation sites excluding steroid dienone is 2. The van der Waals surface area contributed by atoms with Gasteiger partial charge < -0.3 is 4.74 Å². The van der Waals surface area contributed by atoms with Crippen molar-refractivity contribution in [3.8, 4) is 0 Å². The van der Waals surface area contributed by atoms with Gasteiger partial charge in [0.05, 0.1) is 0 Å². The zero-order valence-electron chi connectivity index (χ0n) is 23.1. The second-order valence-electron chi connectivity index (χ2n) is 13.9. The van der Waals surface area contributed by atoms with Crippen molar-refractivity contribution in [3.05, 3.63) is 11.6 Å². The Morgan fingerprint density at radius 3 is 2.52 bits per heavy atom. The van der Waals surface area contributed by atoms with Crippen LogP contribution in [0, 0.1) is 52.3 Å². The Balaban J connectivity index is 1.40. The summed E-state index contributed by atoms with van der Waals surface area (Å²) >= 11 is 0. The maximum absolute atomic E-state index is 5.27. The van der Waals surface area contributed by atoms with Crippen LogP contribution in [0.5, 0.6) is 0 Å². The van der Waals surface area contributed by atoms with Crippen LogP contribution in [-0.4, -0.2) is 13.7 Å². The van der Waals surface area contributed by atoms with E-state index in [1.54, 1.807) is 0 Å². The van der Waals surface area contributed by atoms with Crippen LogP contribution in [0.15, 0.2) is 11.6 Å². The molecule has 33 heavy (non-hydrogen) atoms. The maximum Gasteiger partial charge on any atom is 0.0462 e. The Bertz CT molecular complexity index is 663. The molecule has 0 amide bonds. The summed E-state index contributed by atoms with van der Waals surface area (Å²) in [5.74, 6) is 6.66. The minimum absolute atomic E-state index is 0.522. The first-order valence-electron chi connectivity index (χ1n) is 15.0. The normalized spacial score (nSPS) is 41.3. The second kappa shape index (κ2) is 10.8. The predicted molar refractivity (Wildman–Crippen MR) is 142 cm³/mol. The van der Waals surface area contributed by atoms with Crippen molar-refractivity contribution >= 4 is 0 Å². The minimum atomic E-state index is 0.522. The van der Waals surface area contributed by atoms with Gasteiger partial charge in [-0.25, -0.2) is 0 Å². The van der Waals surface area contributed by atoms with Gasteiger partial charge in [-0.15, -0.1) is 0 Å². The molecule has 3 saturated carbocycles. The average molecular weight is 457 g/mol. The van der Waals surface area contributed by atoms with E-state index in [-0.39, 0.29) is 0 Å². The topological polar surface area (TPSA) is 9.23 Å². The third-order valence-corrected chi connectivity index (χ3v) is 11.6. The van der Waals surface area contributed by atoms with E-state index in [1.165, 1.54) is 89.9 Å². The van der Waals surface area contributed by atoms with Gasteiger partial charge in [0.2, 0.25) is 0 Å². The lowest BCUT2D eigenvalue weighted by Crippen LogP contribution is -2.50. The van der Waals surface area contributed by atoms with E-state index in [1.807, 2.05) is 12.7 Å². The summed E-state index contributed by atoms with van der Waals surface area (Å²) in [5.41, 5.74) is 3.03. The first-order chi connectivity index (χ1) is 15.8. The molecule has 8 atom stereocenters. The molecule has 0 spiro atoms. The van der Waals surface area contributed by atoms with Gasteiger partial charge in [-0.3, -0.25) is 0 Å². The molecule has 0 aromatic rings. The summed E-state index contributed by atoms with van der Waals surface area (Å²) in [6.07, 6.45) is 22.9. The largest absolute Gasteiger partial charge is 0.385 e. The molecule has 8 unspecified atom stereocenters. The van der Waals surface area contributed by atoms with Gasteiger partial charge in [0.15, 0.2) is 0 Å². The molecule has 0 aromatic heterocycles. The molecular weight excluding hydrogens is 400 g/mol. The Morgan fingerprint density at radius 2 is 1.76 bits per heavy atom. The number of hydrogen-bond acceptors (Lipinski definition) is 1. The van der Waals surface area contributed by atoms with Crippen LogP contribution in [0.1, 0.15) is 125 Å². The Kier molecular flexibility index (Phi) is 8.40. The molecule has 0 bridgehead atoms. The van der Waals surface area contributed by atoms with E-state index in [0.29, 0.717) is 10.8 Å². The van der Waals surface area contributed by atoms with Crippen molar-refractivity contribution in [3.63, 3.8) is 0 Å². The van der Waals surface area contributed by atoms with Crippen molar-refractivity contribution in [1.82, 2.24) is 0 Å². The smallest absolute Gasteiger partial charge is 0.0462 e. The van der Waals surface area contributed by atoms with Gasteiger partial charge in [-0.05, 0) is 110 Å². The van der Waals surface area contributed by atoms with Crippen LogP contribution in [-0.2, 0) is 4.74 Å². The molecule has 3 fully saturated rings. The fourth-order valence-corrected chi connectivity index (χ4v) is 9.69. The summed E-state index contributed by atoms with van der Waals surface area (Å²) in [4.78, 5) is 0. The van der Waals surface area contributed by atoms with Crippen molar-refractivity contribution < 1.29 is 4.74 Å². The zero-order chi connectivity index (χ0) is 23.6. The quantitative estimate of drug-likeness (QED) is 0.235. The lowest BCUT2D eigenvalue weighted by Gasteiger charge is -2.58. The predicted octanol–water partition coefficient (Wildman–Crippen LogP) is 9.46. The molecule has 0 radical (unpaired) electrons. The maximum atomic E-state index is 5.27. The minimum Gasteiger partial charge on any atom is -0.385 e. The van der Waals surface area contributed by atoms with Crippen LogP contribution in [0.4, 0.5) is 0 Å². The number of unbranched alkanes of at least 4 members (excludes halogenated alkanes) is 1. The van der Waals surface area contributed by atoms with E-state index in [2.05, 4.69) is 40.7 Å². The molecule has 0 aromatic carbocycles. The highest BCUT2D eigenvalue weighted by Crippen LogP contribution is 2.67. The lowest BCUT2D eigenvalue weighted by atomic mass is 9.46. The van der Waals surface area contributed by atoms with Crippen LogP contribution < -0.4 is 0 Å². The Morgan fingerprint density at radius 1 is 0.939 bits per heavy atom. The molecule has 4 aliphatic carbocycles. The van der Waals surface area contributed by atoms with Gasteiger partial charge in [0, 0.05) is 13.7 Å². The first-order valence-corrected chi connectivity index (χ1v) is 15.0. The van der Waals surface area contributed by atoms with Gasteiger partial charge in [-0.2, -0.15) is 0 Å². The fraction of sp³-hybridized carbons (Fsp3) is 0.938. The van der Waals surface area contributed by atoms with Crippen LogP contribution in [0.2, 0.25) is 0 Å².